The topological polar surface area (TPSA) is 36.6 Å². The molecular formula is C15H19NO2. The summed E-state index contributed by atoms with van der Waals surface area (Å²) in [6.45, 7) is 3.88. The number of rotatable bonds is 1. The summed E-state index contributed by atoms with van der Waals surface area (Å²) < 4.78 is 5.69. The molecule has 1 aromatic carbocycles. The van der Waals surface area contributed by atoms with Crippen LogP contribution >= 0.6 is 0 Å². The van der Waals surface area contributed by atoms with Gasteiger partial charge in [0.15, 0.2) is 0 Å². The van der Waals surface area contributed by atoms with Gasteiger partial charge in [0.2, 0.25) is 0 Å². The SMILES string of the molecule is CC1CN(C)CCC1(O)c1occ2ccccc12. The van der Waals surface area contributed by atoms with E-state index in [0.29, 0.717) is 0 Å². The van der Waals surface area contributed by atoms with E-state index in [9.17, 15) is 5.11 Å². The Labute approximate surface area is 107 Å². The number of likely N-dealkylation sites (tertiary alicyclic amines) is 1. The third kappa shape index (κ3) is 1.66. The summed E-state index contributed by atoms with van der Waals surface area (Å²) in [6, 6.07) is 8.02. The van der Waals surface area contributed by atoms with Gasteiger partial charge in [0.05, 0.1) is 6.26 Å². The average molecular weight is 245 g/mol. The summed E-state index contributed by atoms with van der Waals surface area (Å²) >= 11 is 0. The van der Waals surface area contributed by atoms with Gasteiger partial charge in [-0.25, -0.2) is 0 Å². The Kier molecular flexibility index (Phi) is 2.68. The second-order valence-electron chi connectivity index (χ2n) is 5.49. The number of piperidine rings is 1. The van der Waals surface area contributed by atoms with Crippen molar-refractivity contribution in [3.05, 3.63) is 36.3 Å². The quantitative estimate of drug-likeness (QED) is 0.839. The Bertz CT molecular complexity index is 562. The maximum absolute atomic E-state index is 11.0. The van der Waals surface area contributed by atoms with E-state index in [0.717, 1.165) is 36.0 Å². The number of fused-ring (bicyclic) bond motifs is 1. The Hall–Kier alpha value is -1.32. The van der Waals surface area contributed by atoms with Crippen molar-refractivity contribution in [1.29, 1.82) is 0 Å². The maximum Gasteiger partial charge on any atom is 0.143 e. The molecule has 2 atom stereocenters. The molecule has 0 amide bonds. The van der Waals surface area contributed by atoms with Crippen LogP contribution in [0.15, 0.2) is 34.9 Å². The summed E-state index contributed by atoms with van der Waals surface area (Å²) in [4.78, 5) is 2.25. The number of hydrogen-bond acceptors (Lipinski definition) is 3. The van der Waals surface area contributed by atoms with E-state index in [-0.39, 0.29) is 5.92 Å². The van der Waals surface area contributed by atoms with Gasteiger partial charge in [-0.15, -0.1) is 0 Å². The van der Waals surface area contributed by atoms with E-state index in [1.54, 1.807) is 6.26 Å². The summed E-state index contributed by atoms with van der Waals surface area (Å²) in [7, 11) is 2.09. The Morgan fingerprint density at radius 3 is 2.94 bits per heavy atom. The lowest BCUT2D eigenvalue weighted by atomic mass is 9.79. The highest BCUT2D eigenvalue weighted by atomic mass is 16.4. The second kappa shape index (κ2) is 4.11. The van der Waals surface area contributed by atoms with Crippen LogP contribution in [-0.2, 0) is 5.60 Å². The van der Waals surface area contributed by atoms with Crippen LogP contribution in [0.25, 0.3) is 10.8 Å². The predicted molar refractivity (Wildman–Crippen MR) is 71.4 cm³/mol. The minimum absolute atomic E-state index is 0.172. The molecule has 18 heavy (non-hydrogen) atoms. The molecule has 1 N–H and O–H groups in total. The number of furan rings is 1. The summed E-state index contributed by atoms with van der Waals surface area (Å²) in [5, 5.41) is 13.1. The largest absolute Gasteiger partial charge is 0.465 e. The maximum atomic E-state index is 11.0. The fourth-order valence-electron chi connectivity index (χ4n) is 2.98. The van der Waals surface area contributed by atoms with E-state index >= 15 is 0 Å². The lowest BCUT2D eigenvalue weighted by Crippen LogP contribution is -2.47. The third-order valence-electron chi connectivity index (χ3n) is 4.18. The lowest BCUT2D eigenvalue weighted by molar-refractivity contribution is -0.0793. The minimum atomic E-state index is -0.838. The van der Waals surface area contributed by atoms with Crippen molar-refractivity contribution in [2.45, 2.75) is 18.9 Å². The zero-order chi connectivity index (χ0) is 12.8. The fourth-order valence-corrected chi connectivity index (χ4v) is 2.98. The van der Waals surface area contributed by atoms with Gasteiger partial charge in [-0.2, -0.15) is 0 Å². The van der Waals surface area contributed by atoms with Gasteiger partial charge in [-0.1, -0.05) is 31.2 Å². The molecule has 0 aliphatic carbocycles. The molecule has 2 heterocycles. The van der Waals surface area contributed by atoms with E-state index in [1.807, 2.05) is 24.3 Å². The van der Waals surface area contributed by atoms with Crippen LogP contribution in [0.2, 0.25) is 0 Å². The molecule has 2 unspecified atom stereocenters. The van der Waals surface area contributed by atoms with Crippen molar-refractivity contribution in [2.24, 2.45) is 5.92 Å². The molecule has 3 nitrogen and oxygen atoms in total. The van der Waals surface area contributed by atoms with Crippen molar-refractivity contribution >= 4 is 10.8 Å². The van der Waals surface area contributed by atoms with Crippen LogP contribution in [-0.4, -0.2) is 30.1 Å². The minimum Gasteiger partial charge on any atom is -0.465 e. The highest BCUT2D eigenvalue weighted by Crippen LogP contribution is 2.40. The molecule has 1 aliphatic rings. The molecule has 0 saturated carbocycles. The molecule has 2 aromatic rings. The van der Waals surface area contributed by atoms with Crippen LogP contribution in [0, 0.1) is 5.92 Å². The van der Waals surface area contributed by atoms with E-state index in [4.69, 9.17) is 4.42 Å². The Morgan fingerprint density at radius 2 is 2.17 bits per heavy atom. The van der Waals surface area contributed by atoms with Crippen molar-refractivity contribution < 1.29 is 9.52 Å². The summed E-state index contributed by atoms with van der Waals surface area (Å²) in [5.41, 5.74) is -0.838. The molecule has 0 spiro atoms. The van der Waals surface area contributed by atoms with Gasteiger partial charge in [0.1, 0.15) is 11.4 Å². The number of benzene rings is 1. The van der Waals surface area contributed by atoms with Gasteiger partial charge in [-0.3, -0.25) is 0 Å². The monoisotopic (exact) mass is 245 g/mol. The van der Waals surface area contributed by atoms with Crippen LogP contribution in [0.3, 0.4) is 0 Å². The first kappa shape index (κ1) is 11.8. The molecule has 1 saturated heterocycles. The number of hydrogen-bond donors (Lipinski definition) is 1. The smallest absolute Gasteiger partial charge is 0.143 e. The average Bonchev–Trinajstić information content (AvgIpc) is 2.79. The molecule has 1 fully saturated rings. The molecular weight excluding hydrogens is 226 g/mol. The first-order valence-corrected chi connectivity index (χ1v) is 6.49. The molecule has 1 aromatic heterocycles. The third-order valence-corrected chi connectivity index (χ3v) is 4.18. The summed E-state index contributed by atoms with van der Waals surface area (Å²) in [6.07, 6.45) is 2.47. The number of nitrogens with zero attached hydrogens (tertiary/aromatic N) is 1. The van der Waals surface area contributed by atoms with E-state index in [2.05, 4.69) is 18.9 Å². The van der Waals surface area contributed by atoms with Crippen molar-refractivity contribution in [3.63, 3.8) is 0 Å². The lowest BCUT2D eigenvalue weighted by Gasteiger charge is -2.40. The Morgan fingerprint density at radius 1 is 1.39 bits per heavy atom. The first-order chi connectivity index (χ1) is 8.61. The number of aliphatic hydroxyl groups is 1. The first-order valence-electron chi connectivity index (χ1n) is 6.49. The highest BCUT2D eigenvalue weighted by molar-refractivity contribution is 5.84. The highest BCUT2D eigenvalue weighted by Gasteiger charge is 2.42. The molecule has 96 valence electrons. The van der Waals surface area contributed by atoms with Crippen molar-refractivity contribution in [1.82, 2.24) is 4.90 Å². The molecule has 1 aliphatic heterocycles. The van der Waals surface area contributed by atoms with Gasteiger partial charge < -0.3 is 14.4 Å². The molecule has 3 rings (SSSR count). The van der Waals surface area contributed by atoms with Crippen molar-refractivity contribution in [2.75, 3.05) is 20.1 Å². The molecule has 0 radical (unpaired) electrons. The fraction of sp³-hybridized carbons (Fsp3) is 0.467. The van der Waals surface area contributed by atoms with Gasteiger partial charge >= 0.3 is 0 Å². The van der Waals surface area contributed by atoms with Crippen LogP contribution < -0.4 is 0 Å². The van der Waals surface area contributed by atoms with Crippen LogP contribution in [0.4, 0.5) is 0 Å². The van der Waals surface area contributed by atoms with Crippen LogP contribution in [0.1, 0.15) is 19.1 Å². The molecule has 3 heteroatoms. The van der Waals surface area contributed by atoms with E-state index < -0.39 is 5.60 Å². The predicted octanol–water partition coefficient (Wildman–Crippen LogP) is 2.59. The van der Waals surface area contributed by atoms with Gasteiger partial charge in [0.25, 0.3) is 0 Å². The normalized spacial score (nSPS) is 29.8. The standard InChI is InChI=1S/C15H19NO2/c1-11-9-16(2)8-7-15(11,17)14-13-6-4-3-5-12(13)10-18-14/h3-6,10-11,17H,7-9H2,1-2H3. The molecule has 0 bridgehead atoms. The zero-order valence-electron chi connectivity index (χ0n) is 10.9. The van der Waals surface area contributed by atoms with Gasteiger partial charge in [-0.05, 0) is 13.5 Å². The Balaban J connectivity index is 2.08. The van der Waals surface area contributed by atoms with E-state index in [1.165, 1.54) is 0 Å². The van der Waals surface area contributed by atoms with Crippen LogP contribution in [0.5, 0.6) is 0 Å². The second-order valence-corrected chi connectivity index (χ2v) is 5.49. The zero-order valence-corrected chi connectivity index (χ0v) is 10.9. The van der Waals surface area contributed by atoms with Crippen molar-refractivity contribution in [3.8, 4) is 0 Å². The van der Waals surface area contributed by atoms with Gasteiger partial charge in [0, 0.05) is 29.8 Å². The summed E-state index contributed by atoms with van der Waals surface area (Å²) in [5.74, 6) is 0.907.